The number of piperidine rings is 1. The number of nitrogens with one attached hydrogen (secondary N) is 1. The smallest absolute Gasteiger partial charge is 0.230 e. The second-order valence-electron chi connectivity index (χ2n) is 6.97. The molecule has 3 heteroatoms. The van der Waals surface area contributed by atoms with Gasteiger partial charge in [0.1, 0.15) is 0 Å². The maximum Gasteiger partial charge on any atom is 0.230 e. The quantitative estimate of drug-likeness (QED) is 0.849. The molecule has 0 aromatic carbocycles. The van der Waals surface area contributed by atoms with Gasteiger partial charge in [0.25, 0.3) is 0 Å². The van der Waals surface area contributed by atoms with Crippen LogP contribution in [0.5, 0.6) is 0 Å². The molecule has 1 saturated carbocycles. The molecule has 0 bridgehead atoms. The third kappa shape index (κ3) is 2.42. The monoisotopic (exact) mass is 264 g/mol. The molecular formula is C16H28N2O. The van der Waals surface area contributed by atoms with Gasteiger partial charge in [0.05, 0.1) is 5.41 Å². The van der Waals surface area contributed by atoms with Crippen LogP contribution in [-0.2, 0) is 4.79 Å². The number of carbonyl (C=O) groups excluding carboxylic acids is 1. The van der Waals surface area contributed by atoms with Crippen LogP contribution in [0.3, 0.4) is 0 Å². The molecule has 3 atom stereocenters. The van der Waals surface area contributed by atoms with Crippen LogP contribution in [-0.4, -0.2) is 37.0 Å². The number of fused-ring (bicyclic) bond motifs is 1. The van der Waals surface area contributed by atoms with Crippen molar-refractivity contribution in [3.8, 4) is 0 Å². The minimum Gasteiger partial charge on any atom is -0.342 e. The molecule has 2 heterocycles. The largest absolute Gasteiger partial charge is 0.342 e. The topological polar surface area (TPSA) is 32.3 Å². The number of hydrogen-bond acceptors (Lipinski definition) is 2. The lowest BCUT2D eigenvalue weighted by atomic mass is 9.75. The molecule has 19 heavy (non-hydrogen) atoms. The molecule has 3 aliphatic rings. The molecule has 1 aliphatic carbocycles. The van der Waals surface area contributed by atoms with E-state index in [1.54, 1.807) is 0 Å². The third-order valence-electron chi connectivity index (χ3n) is 5.67. The Morgan fingerprint density at radius 1 is 1.26 bits per heavy atom. The van der Waals surface area contributed by atoms with E-state index in [0.717, 1.165) is 63.7 Å². The number of likely N-dealkylation sites (tertiary alicyclic amines) is 1. The first-order valence-electron chi connectivity index (χ1n) is 8.25. The van der Waals surface area contributed by atoms with Crippen molar-refractivity contribution in [3.63, 3.8) is 0 Å². The minimum atomic E-state index is -0.0777. The number of carbonyl (C=O) groups is 1. The highest BCUT2D eigenvalue weighted by Crippen LogP contribution is 2.41. The molecule has 0 radical (unpaired) electrons. The first-order valence-corrected chi connectivity index (χ1v) is 8.25. The fraction of sp³-hybridized carbons (Fsp3) is 0.938. The lowest BCUT2D eigenvalue weighted by molar-refractivity contribution is -0.143. The van der Waals surface area contributed by atoms with E-state index >= 15 is 0 Å². The van der Waals surface area contributed by atoms with Gasteiger partial charge in [-0.05, 0) is 50.5 Å². The summed E-state index contributed by atoms with van der Waals surface area (Å²) in [4.78, 5) is 15.2. The molecule has 2 aliphatic heterocycles. The molecule has 1 amide bonds. The van der Waals surface area contributed by atoms with Crippen molar-refractivity contribution < 1.29 is 4.79 Å². The summed E-state index contributed by atoms with van der Waals surface area (Å²) >= 11 is 0. The Kier molecular flexibility index (Phi) is 3.84. The van der Waals surface area contributed by atoms with Crippen molar-refractivity contribution in [2.75, 3.05) is 26.2 Å². The van der Waals surface area contributed by atoms with E-state index in [9.17, 15) is 4.79 Å². The van der Waals surface area contributed by atoms with Crippen molar-refractivity contribution in [2.24, 2.45) is 17.3 Å². The predicted molar refractivity (Wildman–Crippen MR) is 76.9 cm³/mol. The van der Waals surface area contributed by atoms with Crippen molar-refractivity contribution in [3.05, 3.63) is 0 Å². The molecule has 0 spiro atoms. The first kappa shape index (κ1) is 13.4. The Morgan fingerprint density at radius 2 is 2.00 bits per heavy atom. The molecule has 1 N–H and O–H groups in total. The van der Waals surface area contributed by atoms with E-state index in [4.69, 9.17) is 0 Å². The summed E-state index contributed by atoms with van der Waals surface area (Å²) in [6.45, 7) is 6.31. The third-order valence-corrected chi connectivity index (χ3v) is 5.67. The van der Waals surface area contributed by atoms with Gasteiger partial charge >= 0.3 is 0 Å². The van der Waals surface area contributed by atoms with Crippen LogP contribution in [0.25, 0.3) is 0 Å². The fourth-order valence-electron chi connectivity index (χ4n) is 4.69. The van der Waals surface area contributed by atoms with Crippen LogP contribution < -0.4 is 5.32 Å². The van der Waals surface area contributed by atoms with Gasteiger partial charge in [-0.3, -0.25) is 4.79 Å². The van der Waals surface area contributed by atoms with Gasteiger partial charge in [-0.25, -0.2) is 0 Å². The van der Waals surface area contributed by atoms with Gasteiger partial charge in [-0.15, -0.1) is 0 Å². The molecule has 3 unspecified atom stereocenters. The summed E-state index contributed by atoms with van der Waals surface area (Å²) in [7, 11) is 0. The Balaban J connectivity index is 1.70. The Hall–Kier alpha value is -0.570. The van der Waals surface area contributed by atoms with Gasteiger partial charge in [0.15, 0.2) is 0 Å². The normalized spacial score (nSPS) is 38.5. The molecule has 3 nitrogen and oxygen atoms in total. The summed E-state index contributed by atoms with van der Waals surface area (Å²) in [6.07, 6.45) is 8.53. The van der Waals surface area contributed by atoms with E-state index < -0.39 is 0 Å². The fourth-order valence-corrected chi connectivity index (χ4v) is 4.69. The highest BCUT2D eigenvalue weighted by molar-refractivity contribution is 5.83. The Bertz CT molecular complexity index is 318. The average molecular weight is 264 g/mol. The summed E-state index contributed by atoms with van der Waals surface area (Å²) < 4.78 is 0. The van der Waals surface area contributed by atoms with E-state index in [0.29, 0.717) is 5.91 Å². The summed E-state index contributed by atoms with van der Waals surface area (Å²) in [5, 5.41) is 3.47. The molecule has 2 saturated heterocycles. The maximum atomic E-state index is 13.0. The molecule has 3 rings (SSSR count). The zero-order valence-corrected chi connectivity index (χ0v) is 12.3. The van der Waals surface area contributed by atoms with E-state index in [-0.39, 0.29) is 5.41 Å². The van der Waals surface area contributed by atoms with E-state index in [2.05, 4.69) is 17.1 Å². The Labute approximate surface area is 117 Å². The van der Waals surface area contributed by atoms with Crippen LogP contribution >= 0.6 is 0 Å². The number of nitrogens with zero attached hydrogens (tertiary/aromatic N) is 1. The van der Waals surface area contributed by atoms with Gasteiger partial charge in [0, 0.05) is 19.6 Å². The second kappa shape index (κ2) is 5.43. The van der Waals surface area contributed by atoms with Crippen LogP contribution in [0, 0.1) is 17.3 Å². The van der Waals surface area contributed by atoms with E-state index in [1.807, 2.05) is 0 Å². The van der Waals surface area contributed by atoms with Gasteiger partial charge < -0.3 is 10.2 Å². The van der Waals surface area contributed by atoms with Gasteiger partial charge in [0.2, 0.25) is 5.91 Å². The van der Waals surface area contributed by atoms with Crippen LogP contribution in [0.1, 0.15) is 51.9 Å². The van der Waals surface area contributed by atoms with Gasteiger partial charge in [-0.2, -0.15) is 0 Å². The second-order valence-corrected chi connectivity index (χ2v) is 6.97. The standard InChI is InChI=1S/C16H28N2O/c1-2-7-16(8-4-9-17-12-16)15(19)18-10-13-5-3-6-14(13)11-18/h13-14,17H,2-12H2,1H3. The highest BCUT2D eigenvalue weighted by atomic mass is 16.2. The molecule has 3 fully saturated rings. The van der Waals surface area contributed by atoms with Crippen LogP contribution in [0.4, 0.5) is 0 Å². The molecular weight excluding hydrogens is 236 g/mol. The van der Waals surface area contributed by atoms with Crippen molar-refractivity contribution in [1.82, 2.24) is 10.2 Å². The lowest BCUT2D eigenvalue weighted by Gasteiger charge is -2.39. The Morgan fingerprint density at radius 3 is 2.58 bits per heavy atom. The summed E-state index contributed by atoms with van der Waals surface area (Å²) in [6, 6.07) is 0. The van der Waals surface area contributed by atoms with Crippen molar-refractivity contribution >= 4 is 5.91 Å². The number of rotatable bonds is 3. The number of hydrogen-bond donors (Lipinski definition) is 1. The first-order chi connectivity index (χ1) is 9.25. The summed E-state index contributed by atoms with van der Waals surface area (Å²) in [5.74, 6) is 2.11. The minimum absolute atomic E-state index is 0.0777. The summed E-state index contributed by atoms with van der Waals surface area (Å²) in [5.41, 5.74) is -0.0777. The lowest BCUT2D eigenvalue weighted by Crippen LogP contribution is -2.51. The SMILES string of the molecule is CCCC1(C(=O)N2CC3CCCC3C2)CCCNC1. The average Bonchev–Trinajstić information content (AvgIpc) is 3.00. The molecule has 0 aromatic rings. The molecule has 108 valence electrons. The molecule has 0 aromatic heterocycles. The predicted octanol–water partition coefficient (Wildman–Crippen LogP) is 2.41. The van der Waals surface area contributed by atoms with E-state index in [1.165, 1.54) is 19.3 Å². The zero-order valence-electron chi connectivity index (χ0n) is 12.3. The number of amides is 1. The van der Waals surface area contributed by atoms with Crippen molar-refractivity contribution in [2.45, 2.75) is 51.9 Å². The van der Waals surface area contributed by atoms with Crippen LogP contribution in [0.2, 0.25) is 0 Å². The highest BCUT2D eigenvalue weighted by Gasteiger charge is 2.46. The van der Waals surface area contributed by atoms with Crippen molar-refractivity contribution in [1.29, 1.82) is 0 Å². The zero-order chi connectivity index (χ0) is 13.3. The van der Waals surface area contributed by atoms with Gasteiger partial charge in [-0.1, -0.05) is 19.8 Å². The van der Waals surface area contributed by atoms with Crippen LogP contribution in [0.15, 0.2) is 0 Å². The maximum absolute atomic E-state index is 13.0.